The monoisotopic (exact) mass is 406 g/mol. The van der Waals surface area contributed by atoms with Gasteiger partial charge < -0.3 is 5.32 Å². The Kier molecular flexibility index (Phi) is 6.19. The third kappa shape index (κ3) is 4.69. The first kappa shape index (κ1) is 19.9. The smallest absolute Gasteiger partial charge is 0.243 e. The van der Waals surface area contributed by atoms with Crippen LogP contribution in [0.15, 0.2) is 59.5 Å². The largest absolute Gasteiger partial charge is 0.352 e. The predicted octanol–water partition coefficient (Wildman–Crippen LogP) is 3.24. The van der Waals surface area contributed by atoms with Crippen molar-refractivity contribution in [3.63, 3.8) is 0 Å². The minimum absolute atomic E-state index is 0.111. The second-order valence-corrected chi connectivity index (χ2v) is 9.15. The van der Waals surface area contributed by atoms with Crippen molar-refractivity contribution < 1.29 is 13.2 Å². The number of rotatable bonds is 6. The Morgan fingerprint density at radius 1 is 1.19 bits per heavy atom. The lowest BCUT2D eigenvalue weighted by Gasteiger charge is -2.25. The van der Waals surface area contributed by atoms with Crippen molar-refractivity contribution in [2.75, 3.05) is 6.54 Å². The maximum Gasteiger partial charge on any atom is 0.243 e. The van der Waals surface area contributed by atoms with Gasteiger partial charge in [0.05, 0.1) is 4.90 Å². The van der Waals surface area contributed by atoms with E-state index in [0.29, 0.717) is 30.8 Å². The van der Waals surface area contributed by atoms with Gasteiger partial charge in [-0.1, -0.05) is 41.9 Å². The van der Waals surface area contributed by atoms with E-state index in [1.807, 2.05) is 31.2 Å². The summed E-state index contributed by atoms with van der Waals surface area (Å²) in [6.45, 7) is 2.28. The van der Waals surface area contributed by atoms with Crippen molar-refractivity contribution in [2.24, 2.45) is 0 Å². The minimum Gasteiger partial charge on any atom is -0.352 e. The normalized spacial score (nSPS) is 19.0. The van der Waals surface area contributed by atoms with Crippen molar-refractivity contribution >= 4 is 27.5 Å². The molecule has 0 bridgehead atoms. The van der Waals surface area contributed by atoms with Crippen LogP contribution in [0.2, 0.25) is 5.02 Å². The van der Waals surface area contributed by atoms with Crippen molar-refractivity contribution in [1.29, 1.82) is 0 Å². The molecule has 1 aliphatic heterocycles. The molecule has 1 fully saturated rings. The van der Waals surface area contributed by atoms with Gasteiger partial charge in [0.25, 0.3) is 0 Å². The molecule has 1 saturated heterocycles. The third-order valence-electron chi connectivity index (χ3n) is 4.70. The predicted molar refractivity (Wildman–Crippen MR) is 106 cm³/mol. The molecule has 144 valence electrons. The van der Waals surface area contributed by atoms with Crippen LogP contribution in [0.3, 0.4) is 0 Å². The molecule has 1 amide bonds. The van der Waals surface area contributed by atoms with Gasteiger partial charge in [0, 0.05) is 17.6 Å². The van der Waals surface area contributed by atoms with Gasteiger partial charge in [-0.25, -0.2) is 8.42 Å². The summed E-state index contributed by atoms with van der Waals surface area (Å²) in [5, 5.41) is 3.63. The van der Waals surface area contributed by atoms with Gasteiger partial charge in [-0.3, -0.25) is 4.79 Å². The third-order valence-corrected chi connectivity index (χ3v) is 6.87. The zero-order valence-electron chi connectivity index (χ0n) is 15.1. The first-order valence-corrected chi connectivity index (χ1v) is 10.8. The van der Waals surface area contributed by atoms with E-state index in [-0.39, 0.29) is 16.8 Å². The Balaban J connectivity index is 1.67. The van der Waals surface area contributed by atoms with Crippen LogP contribution in [-0.4, -0.2) is 37.3 Å². The minimum atomic E-state index is -3.67. The molecule has 7 heteroatoms. The summed E-state index contributed by atoms with van der Waals surface area (Å²) in [5.74, 6) is -0.242. The van der Waals surface area contributed by atoms with Gasteiger partial charge in [-0.2, -0.15) is 4.31 Å². The number of hydrogen-bond donors (Lipinski definition) is 1. The van der Waals surface area contributed by atoms with Gasteiger partial charge >= 0.3 is 0 Å². The van der Waals surface area contributed by atoms with Gasteiger partial charge in [-0.05, 0) is 56.0 Å². The number of amides is 1. The molecular weight excluding hydrogens is 384 g/mol. The standard InChI is InChI=1S/C20H23ClN2O3S/c1-15(14-16-9-11-17(21)12-10-16)22-20(24)19-8-5-13-23(19)27(25,26)18-6-3-2-4-7-18/h2-4,6-7,9-12,15,19H,5,8,13-14H2,1H3,(H,22,24)/t15-,19-/m0/s1. The Hall–Kier alpha value is -1.89. The Morgan fingerprint density at radius 2 is 1.85 bits per heavy atom. The van der Waals surface area contributed by atoms with E-state index in [4.69, 9.17) is 11.6 Å². The van der Waals surface area contributed by atoms with Crippen LogP contribution < -0.4 is 5.32 Å². The topological polar surface area (TPSA) is 66.5 Å². The summed E-state index contributed by atoms with van der Waals surface area (Å²) in [6, 6.07) is 15.0. The van der Waals surface area contributed by atoms with E-state index in [0.717, 1.165) is 5.56 Å². The number of benzene rings is 2. The number of sulfonamides is 1. The number of carbonyl (C=O) groups excluding carboxylic acids is 1. The van der Waals surface area contributed by atoms with Crippen LogP contribution in [0.1, 0.15) is 25.3 Å². The van der Waals surface area contributed by atoms with E-state index >= 15 is 0 Å². The van der Waals surface area contributed by atoms with Gasteiger partial charge in [0.2, 0.25) is 15.9 Å². The molecule has 1 heterocycles. The highest BCUT2D eigenvalue weighted by molar-refractivity contribution is 7.89. The number of hydrogen-bond acceptors (Lipinski definition) is 3. The summed E-state index contributed by atoms with van der Waals surface area (Å²) < 4.78 is 27.1. The van der Waals surface area contributed by atoms with Crippen molar-refractivity contribution in [3.8, 4) is 0 Å². The van der Waals surface area contributed by atoms with Gasteiger partial charge in [-0.15, -0.1) is 0 Å². The average molecular weight is 407 g/mol. The highest BCUT2D eigenvalue weighted by Gasteiger charge is 2.39. The Morgan fingerprint density at radius 3 is 2.52 bits per heavy atom. The van der Waals surface area contributed by atoms with Crippen molar-refractivity contribution in [3.05, 3.63) is 65.2 Å². The lowest BCUT2D eigenvalue weighted by Crippen LogP contribution is -2.48. The summed E-state index contributed by atoms with van der Waals surface area (Å²) in [7, 11) is -3.67. The lowest BCUT2D eigenvalue weighted by atomic mass is 10.1. The van der Waals surface area contributed by atoms with Crippen LogP contribution in [0, 0.1) is 0 Å². The van der Waals surface area contributed by atoms with Crippen LogP contribution in [-0.2, 0) is 21.2 Å². The highest BCUT2D eigenvalue weighted by atomic mass is 35.5. The number of carbonyl (C=O) groups is 1. The molecular formula is C20H23ClN2O3S. The molecule has 0 aliphatic carbocycles. The van der Waals surface area contributed by atoms with Crippen LogP contribution >= 0.6 is 11.6 Å². The van der Waals surface area contributed by atoms with E-state index in [9.17, 15) is 13.2 Å². The molecule has 2 atom stereocenters. The SMILES string of the molecule is C[C@@H](Cc1ccc(Cl)cc1)NC(=O)[C@@H]1CCCN1S(=O)(=O)c1ccccc1. The fraction of sp³-hybridized carbons (Fsp3) is 0.350. The second-order valence-electron chi connectivity index (χ2n) is 6.83. The lowest BCUT2D eigenvalue weighted by molar-refractivity contribution is -0.124. The molecule has 2 aromatic rings. The molecule has 0 radical (unpaired) electrons. The van der Waals surface area contributed by atoms with E-state index in [1.165, 1.54) is 4.31 Å². The van der Waals surface area contributed by atoms with Crippen LogP contribution in [0.4, 0.5) is 0 Å². The number of halogens is 1. The number of nitrogens with one attached hydrogen (secondary N) is 1. The van der Waals surface area contributed by atoms with Crippen LogP contribution in [0.5, 0.6) is 0 Å². The maximum atomic E-state index is 12.9. The summed E-state index contributed by atoms with van der Waals surface area (Å²) in [4.78, 5) is 13.0. The molecule has 0 saturated carbocycles. The van der Waals surface area contributed by atoms with E-state index < -0.39 is 16.1 Å². The van der Waals surface area contributed by atoms with Crippen molar-refractivity contribution in [2.45, 2.75) is 43.2 Å². The molecule has 1 aliphatic rings. The molecule has 1 N–H and O–H groups in total. The molecule has 2 aromatic carbocycles. The summed E-state index contributed by atoms with van der Waals surface area (Å²) in [5.41, 5.74) is 1.06. The van der Waals surface area contributed by atoms with Crippen LogP contribution in [0.25, 0.3) is 0 Å². The van der Waals surface area contributed by atoms with E-state index in [2.05, 4.69) is 5.32 Å². The second kappa shape index (κ2) is 8.42. The Labute approximate surface area is 165 Å². The summed E-state index contributed by atoms with van der Waals surface area (Å²) >= 11 is 5.90. The van der Waals surface area contributed by atoms with Gasteiger partial charge in [0.1, 0.15) is 6.04 Å². The molecule has 0 aromatic heterocycles. The average Bonchev–Trinajstić information content (AvgIpc) is 3.15. The van der Waals surface area contributed by atoms with Crippen molar-refractivity contribution in [1.82, 2.24) is 9.62 Å². The molecule has 3 rings (SSSR count). The fourth-order valence-corrected chi connectivity index (χ4v) is 5.19. The first-order valence-electron chi connectivity index (χ1n) is 8.99. The molecule has 0 spiro atoms. The summed E-state index contributed by atoms with van der Waals surface area (Å²) in [6.07, 6.45) is 1.86. The molecule has 5 nitrogen and oxygen atoms in total. The molecule has 0 unspecified atom stereocenters. The molecule has 27 heavy (non-hydrogen) atoms. The van der Waals surface area contributed by atoms with Gasteiger partial charge in [0.15, 0.2) is 0 Å². The quantitative estimate of drug-likeness (QED) is 0.800. The van der Waals surface area contributed by atoms with E-state index in [1.54, 1.807) is 30.3 Å². The zero-order chi connectivity index (χ0) is 19.4. The zero-order valence-corrected chi connectivity index (χ0v) is 16.7. The fourth-order valence-electron chi connectivity index (χ4n) is 3.38. The highest BCUT2D eigenvalue weighted by Crippen LogP contribution is 2.26. The number of nitrogens with zero attached hydrogens (tertiary/aromatic N) is 1. The maximum absolute atomic E-state index is 12.9. The Bertz CT molecular complexity index is 885. The first-order chi connectivity index (χ1) is 12.9.